The van der Waals surface area contributed by atoms with E-state index >= 15 is 0 Å². The van der Waals surface area contributed by atoms with Crippen molar-refractivity contribution in [3.8, 4) is 0 Å². The molecular formula is C13H22N2O8. The fourth-order valence-corrected chi connectivity index (χ4v) is 2.54. The molecular weight excluding hydrogens is 312 g/mol. The maximum Gasteiger partial charge on any atom is 0.364 e. The van der Waals surface area contributed by atoms with Crippen LogP contribution in [0.4, 0.5) is 0 Å². The molecule has 6 atom stereocenters. The van der Waals surface area contributed by atoms with E-state index < -0.39 is 60.4 Å². The van der Waals surface area contributed by atoms with Crippen LogP contribution in [0.5, 0.6) is 0 Å². The second-order valence-electron chi connectivity index (χ2n) is 5.64. The molecule has 1 heterocycles. The lowest BCUT2D eigenvalue weighted by molar-refractivity contribution is -0.283. The number of ether oxygens (including phenoxy) is 1. The second kappa shape index (κ2) is 7.21. The van der Waals surface area contributed by atoms with Crippen molar-refractivity contribution in [2.24, 2.45) is 0 Å². The monoisotopic (exact) mass is 334 g/mol. The maximum absolute atomic E-state index is 11.3. The van der Waals surface area contributed by atoms with E-state index in [-0.39, 0.29) is 0 Å². The van der Waals surface area contributed by atoms with E-state index in [1.165, 1.54) is 20.8 Å². The number of hydrogen-bond donors (Lipinski definition) is 6. The van der Waals surface area contributed by atoms with E-state index in [1.807, 2.05) is 0 Å². The van der Waals surface area contributed by atoms with Gasteiger partial charge in [-0.3, -0.25) is 9.59 Å². The Kier molecular flexibility index (Phi) is 6.05. The minimum atomic E-state index is -2.70. The van der Waals surface area contributed by atoms with Gasteiger partial charge in [0.25, 0.3) is 5.79 Å². The highest BCUT2D eigenvalue weighted by atomic mass is 16.7. The van der Waals surface area contributed by atoms with Gasteiger partial charge in [-0.1, -0.05) is 0 Å². The van der Waals surface area contributed by atoms with Gasteiger partial charge in [0.2, 0.25) is 11.8 Å². The molecule has 1 saturated heterocycles. The van der Waals surface area contributed by atoms with Gasteiger partial charge in [0.1, 0.15) is 6.10 Å². The van der Waals surface area contributed by atoms with Gasteiger partial charge < -0.3 is 35.8 Å². The zero-order valence-corrected chi connectivity index (χ0v) is 13.0. The molecule has 1 rings (SSSR count). The third-order valence-electron chi connectivity index (χ3n) is 3.53. The van der Waals surface area contributed by atoms with E-state index in [0.29, 0.717) is 0 Å². The average Bonchev–Trinajstić information content (AvgIpc) is 2.38. The summed E-state index contributed by atoms with van der Waals surface area (Å²) in [5.41, 5.74) is 0. The fourth-order valence-electron chi connectivity index (χ4n) is 2.54. The van der Waals surface area contributed by atoms with Crippen molar-refractivity contribution in [3.05, 3.63) is 0 Å². The summed E-state index contributed by atoms with van der Waals surface area (Å²) in [7, 11) is 0. The van der Waals surface area contributed by atoms with Gasteiger partial charge in [-0.15, -0.1) is 0 Å². The number of carboxylic acid groups (broad SMARTS) is 1. The zero-order chi connectivity index (χ0) is 17.9. The second-order valence-corrected chi connectivity index (χ2v) is 5.64. The Hall–Kier alpha value is -1.75. The molecule has 0 aromatic heterocycles. The van der Waals surface area contributed by atoms with Crippen molar-refractivity contribution in [2.75, 3.05) is 0 Å². The summed E-state index contributed by atoms with van der Waals surface area (Å²) in [5.74, 6) is -5.50. The first-order chi connectivity index (χ1) is 10.5. The SMILES string of the molecule is CC(=O)N[C@@H]([C@@H]1O[C@@](O)(C(=O)O)C[C@H](O)[C@H]1NC(C)=O)[C@H](C)O. The first-order valence-corrected chi connectivity index (χ1v) is 7.02. The molecule has 0 bridgehead atoms. The number of carboxylic acids is 1. The normalized spacial score (nSPS) is 33.4. The standard InChI is InChI=1S/C13H22N2O8/c1-5(16)9(14-6(2)17)11-10(15-7(3)18)8(19)4-13(22,23-11)12(20)21/h5,8-11,16,19,22H,4H2,1-3H3,(H,14,17)(H,15,18)(H,20,21)/t5-,8-,9+,10+,11-,13+/m0/s1. The molecule has 0 aromatic rings. The summed E-state index contributed by atoms with van der Waals surface area (Å²) in [6.07, 6.45) is -4.72. The lowest BCUT2D eigenvalue weighted by Crippen LogP contribution is -2.69. The number of hydrogen-bond acceptors (Lipinski definition) is 7. The maximum atomic E-state index is 11.3. The summed E-state index contributed by atoms with van der Waals surface area (Å²) < 4.78 is 5.15. The van der Waals surface area contributed by atoms with Gasteiger partial charge >= 0.3 is 5.97 Å². The molecule has 10 heteroatoms. The van der Waals surface area contributed by atoms with Crippen LogP contribution in [-0.2, 0) is 19.1 Å². The first-order valence-electron chi connectivity index (χ1n) is 7.02. The van der Waals surface area contributed by atoms with Gasteiger partial charge in [0.15, 0.2) is 0 Å². The highest BCUT2D eigenvalue weighted by Gasteiger charge is 2.53. The van der Waals surface area contributed by atoms with Crippen molar-refractivity contribution < 1.29 is 39.5 Å². The summed E-state index contributed by atoms with van der Waals surface area (Å²) in [4.78, 5) is 33.8. The molecule has 1 aliphatic rings. The molecule has 0 aromatic carbocycles. The number of aliphatic hydroxyl groups excluding tert-OH is 2. The number of carbonyl (C=O) groups is 3. The van der Waals surface area contributed by atoms with Gasteiger partial charge in [0.05, 0.1) is 24.3 Å². The fraction of sp³-hybridized carbons (Fsp3) is 0.769. The smallest absolute Gasteiger partial charge is 0.364 e. The first kappa shape index (κ1) is 19.3. The van der Waals surface area contributed by atoms with Crippen LogP contribution < -0.4 is 10.6 Å². The summed E-state index contributed by atoms with van der Waals surface area (Å²) in [5, 5.41) is 43.8. The third kappa shape index (κ3) is 4.61. The Bertz CT molecular complexity index is 465. The molecule has 0 unspecified atom stereocenters. The van der Waals surface area contributed by atoms with Gasteiger partial charge in [-0.05, 0) is 6.92 Å². The predicted octanol–water partition coefficient (Wildman–Crippen LogP) is -2.70. The van der Waals surface area contributed by atoms with Crippen LogP contribution in [0.15, 0.2) is 0 Å². The molecule has 1 aliphatic heterocycles. The third-order valence-corrected chi connectivity index (χ3v) is 3.53. The lowest BCUT2D eigenvalue weighted by atomic mass is 9.87. The Morgan fingerprint density at radius 1 is 1.26 bits per heavy atom. The number of aliphatic carboxylic acids is 1. The van der Waals surface area contributed by atoms with Crippen LogP contribution in [-0.4, -0.2) is 74.4 Å². The topological polar surface area (TPSA) is 165 Å². The minimum absolute atomic E-state index is 0.532. The highest BCUT2D eigenvalue weighted by Crippen LogP contribution is 2.30. The van der Waals surface area contributed by atoms with Crippen molar-refractivity contribution in [1.82, 2.24) is 10.6 Å². The summed E-state index contributed by atoms with van der Waals surface area (Å²) in [6.45, 7) is 3.67. The Morgan fingerprint density at radius 3 is 2.22 bits per heavy atom. The van der Waals surface area contributed by atoms with Crippen molar-refractivity contribution in [2.45, 2.75) is 63.4 Å². The highest BCUT2D eigenvalue weighted by molar-refractivity contribution is 5.76. The number of rotatable bonds is 5. The quantitative estimate of drug-likeness (QED) is 0.316. The molecule has 0 aliphatic carbocycles. The van der Waals surface area contributed by atoms with E-state index in [1.54, 1.807) is 0 Å². The summed E-state index contributed by atoms with van der Waals surface area (Å²) >= 11 is 0. The molecule has 23 heavy (non-hydrogen) atoms. The van der Waals surface area contributed by atoms with Gasteiger partial charge in [-0.25, -0.2) is 4.79 Å². The number of amides is 2. The molecule has 6 N–H and O–H groups in total. The molecule has 132 valence electrons. The van der Waals surface area contributed by atoms with Gasteiger partial charge in [0, 0.05) is 20.3 Å². The lowest BCUT2D eigenvalue weighted by Gasteiger charge is -2.45. The Labute approximate surface area is 132 Å². The molecule has 1 fully saturated rings. The van der Waals surface area contributed by atoms with Crippen LogP contribution in [0, 0.1) is 0 Å². The molecule has 0 saturated carbocycles. The largest absolute Gasteiger partial charge is 0.477 e. The van der Waals surface area contributed by atoms with E-state index in [4.69, 9.17) is 9.84 Å². The number of aliphatic hydroxyl groups is 3. The number of carbonyl (C=O) groups excluding carboxylic acids is 2. The molecule has 2 amide bonds. The van der Waals surface area contributed by atoms with Crippen LogP contribution >= 0.6 is 0 Å². The zero-order valence-electron chi connectivity index (χ0n) is 13.0. The Morgan fingerprint density at radius 2 is 1.83 bits per heavy atom. The molecule has 10 nitrogen and oxygen atoms in total. The van der Waals surface area contributed by atoms with E-state index in [9.17, 15) is 29.7 Å². The van der Waals surface area contributed by atoms with E-state index in [0.717, 1.165) is 0 Å². The Balaban J connectivity index is 3.21. The van der Waals surface area contributed by atoms with Crippen molar-refractivity contribution >= 4 is 17.8 Å². The van der Waals surface area contributed by atoms with Crippen LogP contribution in [0.1, 0.15) is 27.2 Å². The van der Waals surface area contributed by atoms with Crippen molar-refractivity contribution in [3.63, 3.8) is 0 Å². The molecule has 0 spiro atoms. The number of nitrogens with one attached hydrogen (secondary N) is 2. The predicted molar refractivity (Wildman–Crippen MR) is 75.0 cm³/mol. The average molecular weight is 334 g/mol. The van der Waals surface area contributed by atoms with Crippen molar-refractivity contribution in [1.29, 1.82) is 0 Å². The summed E-state index contributed by atoms with van der Waals surface area (Å²) in [6, 6.07) is -2.29. The van der Waals surface area contributed by atoms with Crippen LogP contribution in [0.3, 0.4) is 0 Å². The van der Waals surface area contributed by atoms with E-state index in [2.05, 4.69) is 10.6 Å². The molecule has 0 radical (unpaired) electrons. The van der Waals surface area contributed by atoms with Gasteiger partial charge in [-0.2, -0.15) is 0 Å². The van der Waals surface area contributed by atoms with Crippen LogP contribution in [0.2, 0.25) is 0 Å². The minimum Gasteiger partial charge on any atom is -0.477 e. The van der Waals surface area contributed by atoms with Crippen LogP contribution in [0.25, 0.3) is 0 Å².